The molecule has 1 aliphatic heterocycles. The lowest BCUT2D eigenvalue weighted by atomic mass is 10.1. The summed E-state index contributed by atoms with van der Waals surface area (Å²) in [4.78, 5) is 0. The first-order valence-corrected chi connectivity index (χ1v) is 5.98. The van der Waals surface area contributed by atoms with Crippen molar-refractivity contribution in [2.75, 3.05) is 26.2 Å². The number of aliphatic hydroxyl groups is 1. The van der Waals surface area contributed by atoms with Crippen molar-refractivity contribution >= 4 is 0 Å². The molecule has 1 atom stereocenters. The van der Waals surface area contributed by atoms with E-state index in [0.717, 1.165) is 19.5 Å². The summed E-state index contributed by atoms with van der Waals surface area (Å²) in [7, 11) is 0. The zero-order chi connectivity index (χ0) is 10.1. The van der Waals surface area contributed by atoms with Crippen LogP contribution in [-0.2, 0) is 0 Å². The second-order valence-corrected chi connectivity index (χ2v) is 4.14. The van der Waals surface area contributed by atoms with Gasteiger partial charge in [-0.2, -0.15) is 0 Å². The van der Waals surface area contributed by atoms with Crippen molar-refractivity contribution in [3.8, 4) is 0 Å². The summed E-state index contributed by atoms with van der Waals surface area (Å²) in [5.74, 6) is 0. The van der Waals surface area contributed by atoms with Crippen molar-refractivity contribution in [2.24, 2.45) is 0 Å². The molecular formula is C11H24N2O. The van der Waals surface area contributed by atoms with Gasteiger partial charge in [0.15, 0.2) is 0 Å². The highest BCUT2D eigenvalue weighted by Gasteiger charge is 2.10. The maximum Gasteiger partial charge on any atom is 0.0431 e. The van der Waals surface area contributed by atoms with Crippen LogP contribution in [0.2, 0.25) is 0 Å². The van der Waals surface area contributed by atoms with Crippen molar-refractivity contribution in [1.82, 2.24) is 10.6 Å². The van der Waals surface area contributed by atoms with Gasteiger partial charge in [-0.3, -0.25) is 0 Å². The maximum atomic E-state index is 8.60. The first-order chi connectivity index (χ1) is 6.93. The average Bonchev–Trinajstić information content (AvgIpc) is 2.25. The van der Waals surface area contributed by atoms with E-state index in [1.165, 1.54) is 38.6 Å². The lowest BCUT2D eigenvalue weighted by Gasteiger charge is -2.23. The average molecular weight is 200 g/mol. The molecule has 1 saturated heterocycles. The molecule has 0 aliphatic carbocycles. The summed E-state index contributed by atoms with van der Waals surface area (Å²) >= 11 is 0. The second-order valence-electron chi connectivity index (χ2n) is 4.14. The quantitative estimate of drug-likeness (QED) is 0.535. The van der Waals surface area contributed by atoms with E-state index in [1.807, 2.05) is 0 Å². The van der Waals surface area contributed by atoms with Crippen LogP contribution in [0.4, 0.5) is 0 Å². The molecular weight excluding hydrogens is 176 g/mol. The molecule has 1 aliphatic rings. The number of unbranched alkanes of at least 4 members (excludes halogenated alkanes) is 3. The van der Waals surface area contributed by atoms with Crippen LogP contribution >= 0.6 is 0 Å². The molecule has 3 heteroatoms. The van der Waals surface area contributed by atoms with Crippen LogP contribution in [0.15, 0.2) is 0 Å². The Hall–Kier alpha value is -0.120. The lowest BCUT2D eigenvalue weighted by Crippen LogP contribution is -2.43. The number of nitrogens with one attached hydrogen (secondary N) is 2. The number of rotatable bonds is 7. The third-order valence-corrected chi connectivity index (χ3v) is 2.81. The van der Waals surface area contributed by atoms with Gasteiger partial charge in [0, 0.05) is 19.2 Å². The SMILES string of the molecule is OCCCCCCNC1CCCNC1. The van der Waals surface area contributed by atoms with Gasteiger partial charge in [-0.1, -0.05) is 12.8 Å². The first kappa shape index (κ1) is 12.0. The molecule has 3 N–H and O–H groups in total. The fourth-order valence-electron chi connectivity index (χ4n) is 1.92. The van der Waals surface area contributed by atoms with E-state index in [9.17, 15) is 0 Å². The predicted octanol–water partition coefficient (Wildman–Crippen LogP) is 0.881. The molecule has 84 valence electrons. The van der Waals surface area contributed by atoms with Gasteiger partial charge in [-0.25, -0.2) is 0 Å². The molecule has 0 aromatic heterocycles. The molecule has 0 saturated carbocycles. The smallest absolute Gasteiger partial charge is 0.0431 e. The van der Waals surface area contributed by atoms with Gasteiger partial charge in [0.1, 0.15) is 0 Å². The van der Waals surface area contributed by atoms with Gasteiger partial charge in [-0.15, -0.1) is 0 Å². The zero-order valence-corrected chi connectivity index (χ0v) is 9.10. The Morgan fingerprint density at radius 2 is 2.07 bits per heavy atom. The normalized spacial score (nSPS) is 22.5. The van der Waals surface area contributed by atoms with E-state index >= 15 is 0 Å². The summed E-state index contributed by atoms with van der Waals surface area (Å²) < 4.78 is 0. The number of hydrogen-bond donors (Lipinski definition) is 3. The highest BCUT2D eigenvalue weighted by atomic mass is 16.2. The predicted molar refractivity (Wildman–Crippen MR) is 59.4 cm³/mol. The van der Waals surface area contributed by atoms with Crippen LogP contribution in [-0.4, -0.2) is 37.4 Å². The second kappa shape index (κ2) is 8.21. The molecule has 0 aromatic rings. The fraction of sp³-hybridized carbons (Fsp3) is 1.00. The lowest BCUT2D eigenvalue weighted by molar-refractivity contribution is 0.282. The van der Waals surface area contributed by atoms with Crippen LogP contribution < -0.4 is 10.6 Å². The van der Waals surface area contributed by atoms with E-state index in [1.54, 1.807) is 0 Å². The van der Waals surface area contributed by atoms with Crippen LogP contribution in [0.3, 0.4) is 0 Å². The van der Waals surface area contributed by atoms with Crippen molar-refractivity contribution in [2.45, 2.75) is 44.6 Å². The van der Waals surface area contributed by atoms with E-state index < -0.39 is 0 Å². The maximum absolute atomic E-state index is 8.60. The molecule has 1 fully saturated rings. The number of piperidine rings is 1. The zero-order valence-electron chi connectivity index (χ0n) is 9.10. The van der Waals surface area contributed by atoms with E-state index in [-0.39, 0.29) is 0 Å². The van der Waals surface area contributed by atoms with Crippen LogP contribution in [0.1, 0.15) is 38.5 Å². The van der Waals surface area contributed by atoms with Crippen molar-refractivity contribution in [3.05, 3.63) is 0 Å². The summed E-state index contributed by atoms with van der Waals surface area (Å²) in [5, 5.41) is 15.6. The van der Waals surface area contributed by atoms with Crippen molar-refractivity contribution < 1.29 is 5.11 Å². The topological polar surface area (TPSA) is 44.3 Å². The minimum absolute atomic E-state index is 0.347. The summed E-state index contributed by atoms with van der Waals surface area (Å²) in [6.45, 7) is 3.81. The fourth-order valence-corrected chi connectivity index (χ4v) is 1.92. The molecule has 1 rings (SSSR count). The summed E-state index contributed by atoms with van der Waals surface area (Å²) in [6, 6.07) is 0.696. The largest absolute Gasteiger partial charge is 0.396 e. The first-order valence-electron chi connectivity index (χ1n) is 5.98. The van der Waals surface area contributed by atoms with E-state index in [4.69, 9.17) is 5.11 Å². The van der Waals surface area contributed by atoms with Gasteiger partial charge in [0.2, 0.25) is 0 Å². The van der Waals surface area contributed by atoms with Gasteiger partial charge in [-0.05, 0) is 38.8 Å². The van der Waals surface area contributed by atoms with Gasteiger partial charge >= 0.3 is 0 Å². The van der Waals surface area contributed by atoms with Crippen LogP contribution in [0.5, 0.6) is 0 Å². The van der Waals surface area contributed by atoms with Gasteiger partial charge in [0.25, 0.3) is 0 Å². The van der Waals surface area contributed by atoms with Crippen LogP contribution in [0.25, 0.3) is 0 Å². The molecule has 3 nitrogen and oxygen atoms in total. The molecule has 14 heavy (non-hydrogen) atoms. The van der Waals surface area contributed by atoms with E-state index in [2.05, 4.69) is 10.6 Å². The minimum Gasteiger partial charge on any atom is -0.396 e. The molecule has 0 bridgehead atoms. The molecule has 0 aromatic carbocycles. The molecule has 0 spiro atoms. The van der Waals surface area contributed by atoms with Gasteiger partial charge < -0.3 is 15.7 Å². The highest BCUT2D eigenvalue weighted by Crippen LogP contribution is 2.02. The van der Waals surface area contributed by atoms with Gasteiger partial charge in [0.05, 0.1) is 0 Å². The van der Waals surface area contributed by atoms with Crippen molar-refractivity contribution in [3.63, 3.8) is 0 Å². The highest BCUT2D eigenvalue weighted by molar-refractivity contribution is 4.74. The third-order valence-electron chi connectivity index (χ3n) is 2.81. The number of aliphatic hydroxyl groups excluding tert-OH is 1. The van der Waals surface area contributed by atoms with Crippen molar-refractivity contribution in [1.29, 1.82) is 0 Å². The third kappa shape index (κ3) is 5.58. The summed E-state index contributed by atoms with van der Waals surface area (Å²) in [5.41, 5.74) is 0. The Kier molecular flexibility index (Phi) is 7.01. The Bertz CT molecular complexity index is 124. The van der Waals surface area contributed by atoms with E-state index in [0.29, 0.717) is 12.6 Å². The van der Waals surface area contributed by atoms with Crippen LogP contribution in [0, 0.1) is 0 Å². The standard InChI is InChI=1S/C11H24N2O/c14-9-4-2-1-3-8-13-11-6-5-7-12-10-11/h11-14H,1-10H2. The Labute approximate surface area is 87.3 Å². The minimum atomic E-state index is 0.347. The number of hydrogen-bond acceptors (Lipinski definition) is 3. The Balaban J connectivity index is 1.82. The molecule has 0 radical (unpaired) electrons. The Morgan fingerprint density at radius 3 is 2.79 bits per heavy atom. The summed E-state index contributed by atoms with van der Waals surface area (Å²) in [6.07, 6.45) is 7.25. The molecule has 0 amide bonds. The Morgan fingerprint density at radius 1 is 1.21 bits per heavy atom. The monoisotopic (exact) mass is 200 g/mol. The molecule has 1 unspecified atom stereocenters. The molecule has 1 heterocycles.